The van der Waals surface area contributed by atoms with Gasteiger partial charge in [-0.15, -0.1) is 0 Å². The van der Waals surface area contributed by atoms with Gasteiger partial charge in [-0.2, -0.15) is 13.2 Å². The largest absolute Gasteiger partial charge is 0.490 e. The Bertz CT molecular complexity index is 716. The van der Waals surface area contributed by atoms with Gasteiger partial charge in [-0.1, -0.05) is 21.6 Å². The molecule has 13 heteroatoms. The molecule has 0 unspecified atom stereocenters. The van der Waals surface area contributed by atoms with Crippen LogP contribution in [-0.4, -0.2) is 70.4 Å². The van der Waals surface area contributed by atoms with Crippen molar-refractivity contribution in [3.8, 4) is 0 Å². The second-order valence-corrected chi connectivity index (χ2v) is 8.62. The molecule has 1 saturated heterocycles. The molecule has 2 heterocycles. The highest BCUT2D eigenvalue weighted by Gasteiger charge is 2.38. The van der Waals surface area contributed by atoms with Gasteiger partial charge in [0, 0.05) is 37.3 Å². The molecule has 0 radical (unpaired) electrons. The summed E-state index contributed by atoms with van der Waals surface area (Å²) >= 11 is 0. The number of anilines is 1. The van der Waals surface area contributed by atoms with Crippen LogP contribution in [0.5, 0.6) is 0 Å². The lowest BCUT2D eigenvalue weighted by molar-refractivity contribution is -0.192. The van der Waals surface area contributed by atoms with Gasteiger partial charge in [0.25, 0.3) is 5.91 Å². The van der Waals surface area contributed by atoms with Crippen LogP contribution in [0.25, 0.3) is 0 Å². The quantitative estimate of drug-likeness (QED) is 0.370. The lowest BCUT2D eigenvalue weighted by atomic mass is 10.2. The average Bonchev–Trinajstić information content (AvgIpc) is 3.21. The van der Waals surface area contributed by atoms with Crippen molar-refractivity contribution in [3.05, 3.63) is 23.9 Å². The van der Waals surface area contributed by atoms with E-state index in [1.54, 1.807) is 23.1 Å². The number of pyridine rings is 1. The van der Waals surface area contributed by atoms with E-state index in [-0.39, 0.29) is 12.3 Å². The number of carboxylic acids is 2. The van der Waals surface area contributed by atoms with E-state index in [9.17, 15) is 22.8 Å². The van der Waals surface area contributed by atoms with Gasteiger partial charge in [-0.05, 0) is 25.0 Å². The molecular formula is C17H22F3N3O5S2. The molecule has 168 valence electrons. The molecule has 0 atom stereocenters. The third-order valence-electron chi connectivity index (χ3n) is 3.63. The summed E-state index contributed by atoms with van der Waals surface area (Å²) in [5.41, 5.74) is 0.623. The number of alkyl halides is 3. The summed E-state index contributed by atoms with van der Waals surface area (Å²) in [4.78, 5) is 38.1. The van der Waals surface area contributed by atoms with Crippen molar-refractivity contribution in [3.63, 3.8) is 0 Å². The maximum Gasteiger partial charge on any atom is 0.490 e. The van der Waals surface area contributed by atoms with E-state index in [2.05, 4.69) is 15.2 Å². The number of aromatic nitrogens is 1. The van der Waals surface area contributed by atoms with E-state index < -0.39 is 18.1 Å². The summed E-state index contributed by atoms with van der Waals surface area (Å²) < 4.78 is 31.7. The van der Waals surface area contributed by atoms with Crippen LogP contribution in [-0.2, 0) is 9.59 Å². The van der Waals surface area contributed by atoms with Crippen molar-refractivity contribution in [2.45, 2.75) is 25.4 Å². The molecule has 2 rings (SSSR count). The Hall–Kier alpha value is -2.15. The Morgan fingerprint density at radius 3 is 2.30 bits per heavy atom. The van der Waals surface area contributed by atoms with Gasteiger partial charge in [0.05, 0.1) is 12.0 Å². The van der Waals surface area contributed by atoms with Crippen molar-refractivity contribution in [1.29, 1.82) is 0 Å². The molecule has 1 aromatic heterocycles. The minimum Gasteiger partial charge on any atom is -0.481 e. The Morgan fingerprint density at radius 1 is 1.13 bits per heavy atom. The number of carbonyl (C=O) groups is 3. The van der Waals surface area contributed by atoms with E-state index in [0.717, 1.165) is 37.5 Å². The third kappa shape index (κ3) is 10.1. The standard InChI is InChI=1S/C15H21N3O3S2.C2HF3O2/c19-13(20)5-10-22-23-11-7-17-15(21)12-4-3-6-16-14(12)18-8-1-2-9-18;3-2(4,5)1(6)7/h3-4,6H,1-2,5,7-11H2,(H,17,21)(H,19,20);(H,6,7). The molecule has 0 saturated carbocycles. The predicted octanol–water partition coefficient (Wildman–Crippen LogP) is 2.90. The first-order valence-corrected chi connectivity index (χ1v) is 11.4. The Kier molecular flexibility index (Phi) is 11.4. The normalized spacial score (nSPS) is 13.4. The molecule has 1 fully saturated rings. The lowest BCUT2D eigenvalue weighted by Crippen LogP contribution is -2.29. The number of nitrogens with one attached hydrogen (secondary N) is 1. The smallest absolute Gasteiger partial charge is 0.481 e. The zero-order valence-corrected chi connectivity index (χ0v) is 17.5. The first-order valence-electron chi connectivity index (χ1n) is 8.87. The first-order chi connectivity index (χ1) is 14.1. The third-order valence-corrected chi connectivity index (χ3v) is 6.04. The molecule has 0 spiro atoms. The van der Waals surface area contributed by atoms with Crippen LogP contribution in [0, 0.1) is 0 Å². The van der Waals surface area contributed by atoms with E-state index >= 15 is 0 Å². The Labute approximate surface area is 179 Å². The minimum atomic E-state index is -5.08. The Morgan fingerprint density at radius 2 is 1.73 bits per heavy atom. The van der Waals surface area contributed by atoms with Crippen molar-refractivity contribution in [2.75, 3.05) is 36.0 Å². The summed E-state index contributed by atoms with van der Waals surface area (Å²) in [5, 5.41) is 18.6. The number of hydrogen-bond acceptors (Lipinski definition) is 7. The van der Waals surface area contributed by atoms with Gasteiger partial charge < -0.3 is 20.4 Å². The van der Waals surface area contributed by atoms with E-state index in [4.69, 9.17) is 15.0 Å². The molecule has 0 aromatic carbocycles. The van der Waals surface area contributed by atoms with Crippen LogP contribution in [0.2, 0.25) is 0 Å². The maximum atomic E-state index is 12.3. The second-order valence-electron chi connectivity index (χ2n) is 5.92. The predicted molar refractivity (Wildman–Crippen MR) is 109 cm³/mol. The van der Waals surface area contributed by atoms with Crippen LogP contribution in [0.15, 0.2) is 18.3 Å². The highest BCUT2D eigenvalue weighted by Crippen LogP contribution is 2.23. The second kappa shape index (κ2) is 13.2. The molecule has 8 nitrogen and oxygen atoms in total. The fourth-order valence-corrected chi connectivity index (χ4v) is 4.19. The monoisotopic (exact) mass is 469 g/mol. The number of aliphatic carboxylic acids is 2. The van der Waals surface area contributed by atoms with Gasteiger partial charge in [0.2, 0.25) is 0 Å². The summed E-state index contributed by atoms with van der Waals surface area (Å²) in [7, 11) is 3.09. The molecule has 1 aliphatic rings. The molecule has 30 heavy (non-hydrogen) atoms. The average molecular weight is 470 g/mol. The van der Waals surface area contributed by atoms with Crippen molar-refractivity contribution in [2.24, 2.45) is 0 Å². The fourth-order valence-electron chi connectivity index (χ4n) is 2.30. The van der Waals surface area contributed by atoms with Crippen molar-refractivity contribution < 1.29 is 37.8 Å². The molecule has 1 amide bonds. The molecular weight excluding hydrogens is 447 g/mol. The maximum absolute atomic E-state index is 12.3. The van der Waals surface area contributed by atoms with Crippen LogP contribution < -0.4 is 10.2 Å². The SMILES string of the molecule is O=C(O)C(F)(F)F.O=C(O)CCSSCCNC(=O)c1cccnc1N1CCCC1. The first kappa shape index (κ1) is 25.9. The van der Waals surface area contributed by atoms with Gasteiger partial charge in [0.15, 0.2) is 0 Å². The lowest BCUT2D eigenvalue weighted by Gasteiger charge is -2.19. The van der Waals surface area contributed by atoms with Gasteiger partial charge in [-0.25, -0.2) is 9.78 Å². The molecule has 1 aliphatic heterocycles. The number of amides is 1. The van der Waals surface area contributed by atoms with Gasteiger partial charge >= 0.3 is 18.1 Å². The van der Waals surface area contributed by atoms with Crippen molar-refractivity contribution in [1.82, 2.24) is 10.3 Å². The number of hydrogen-bond donors (Lipinski definition) is 3. The molecule has 3 N–H and O–H groups in total. The molecule has 1 aromatic rings. The molecule has 0 aliphatic carbocycles. The van der Waals surface area contributed by atoms with Crippen LogP contribution in [0.1, 0.15) is 29.6 Å². The van der Waals surface area contributed by atoms with Crippen LogP contribution >= 0.6 is 21.6 Å². The van der Waals surface area contributed by atoms with E-state index in [1.807, 2.05) is 6.07 Å². The molecule has 0 bridgehead atoms. The number of halogens is 3. The number of carbonyl (C=O) groups excluding carboxylic acids is 1. The summed E-state index contributed by atoms with van der Waals surface area (Å²) in [6.45, 7) is 2.46. The number of nitrogens with zero attached hydrogens (tertiary/aromatic N) is 2. The topological polar surface area (TPSA) is 120 Å². The zero-order chi connectivity index (χ0) is 22.6. The fraction of sp³-hybridized carbons (Fsp3) is 0.529. The van der Waals surface area contributed by atoms with E-state index in [1.165, 1.54) is 10.8 Å². The van der Waals surface area contributed by atoms with Gasteiger partial charge in [0.1, 0.15) is 5.82 Å². The van der Waals surface area contributed by atoms with Gasteiger partial charge in [-0.3, -0.25) is 9.59 Å². The Balaban J connectivity index is 0.000000553. The summed E-state index contributed by atoms with van der Waals surface area (Å²) in [6.07, 6.45) is -0.915. The van der Waals surface area contributed by atoms with E-state index in [0.29, 0.717) is 17.9 Å². The zero-order valence-electron chi connectivity index (χ0n) is 15.9. The van der Waals surface area contributed by atoms with Crippen LogP contribution in [0.3, 0.4) is 0 Å². The summed E-state index contributed by atoms with van der Waals surface area (Å²) in [5.74, 6) is -1.54. The van der Waals surface area contributed by atoms with Crippen molar-refractivity contribution >= 4 is 45.3 Å². The number of rotatable bonds is 9. The highest BCUT2D eigenvalue weighted by molar-refractivity contribution is 8.76. The van der Waals surface area contributed by atoms with Crippen LogP contribution in [0.4, 0.5) is 19.0 Å². The number of carboxylic acid groups (broad SMARTS) is 2. The highest BCUT2D eigenvalue weighted by atomic mass is 33.1. The minimum absolute atomic E-state index is 0.101. The summed E-state index contributed by atoms with van der Waals surface area (Å²) in [6, 6.07) is 3.59.